The largest absolute Gasteiger partial charge is 0.481 e. The van der Waals surface area contributed by atoms with Crippen LogP contribution in [0.15, 0.2) is 12.2 Å². The van der Waals surface area contributed by atoms with E-state index in [1.54, 1.807) is 7.11 Å². The Morgan fingerprint density at radius 3 is 2.07 bits per heavy atom. The van der Waals surface area contributed by atoms with E-state index in [2.05, 4.69) is 68.4 Å². The van der Waals surface area contributed by atoms with E-state index in [4.69, 9.17) is 18.6 Å². The van der Waals surface area contributed by atoms with Gasteiger partial charge >= 0.3 is 5.97 Å². The van der Waals surface area contributed by atoms with E-state index in [9.17, 15) is 15.0 Å². The van der Waals surface area contributed by atoms with Gasteiger partial charge in [-0.1, -0.05) is 74.5 Å². The Bertz CT molecular complexity index is 792. The van der Waals surface area contributed by atoms with Gasteiger partial charge in [-0.2, -0.15) is 0 Å². The number of aliphatic hydroxyl groups is 1. The van der Waals surface area contributed by atoms with Crippen molar-refractivity contribution in [2.75, 3.05) is 7.11 Å². The molecule has 2 rings (SSSR count). The molecule has 0 aromatic carbocycles. The summed E-state index contributed by atoms with van der Waals surface area (Å²) in [6, 6.07) is 0. The summed E-state index contributed by atoms with van der Waals surface area (Å²) in [5.74, 6) is 0.153. The lowest BCUT2D eigenvalue weighted by molar-refractivity contribution is -0.150. The predicted octanol–water partition coefficient (Wildman–Crippen LogP) is 7.90. The number of hydrogen-bond donors (Lipinski definition) is 2. The molecule has 2 N–H and O–H groups in total. The van der Waals surface area contributed by atoms with Gasteiger partial charge in [-0.3, -0.25) is 4.79 Å². The number of carboxylic acids is 1. The number of methoxy groups -OCH3 is 1. The van der Waals surface area contributed by atoms with E-state index >= 15 is 0 Å². The summed E-state index contributed by atoms with van der Waals surface area (Å²) in [7, 11) is -0.373. The first-order chi connectivity index (χ1) is 19.7. The van der Waals surface area contributed by atoms with Crippen molar-refractivity contribution in [2.45, 2.75) is 179 Å². The van der Waals surface area contributed by atoms with E-state index in [1.807, 2.05) is 6.08 Å². The standard InChI is InChI=1S/C34H64O7Si/c1-22(2)12-11-13-27(35)16-28-15-14-26(9)33(40-28)20-29(38-10)17-30-18-32(19-31(39-30)21-34(36)37)41-42(23(3)4,24(5)6)25(7)8/h11,13,22-33,35H,12,14-21H2,1-10H3,(H,36,37)/b13-11+/t26-,27+,28-,29-,30+,31+,32-,33+/m0/s1. The van der Waals surface area contributed by atoms with Gasteiger partial charge in [0, 0.05) is 20.0 Å². The van der Waals surface area contributed by atoms with E-state index in [0.29, 0.717) is 47.7 Å². The van der Waals surface area contributed by atoms with Crippen LogP contribution in [-0.2, 0) is 23.4 Å². The monoisotopic (exact) mass is 612 g/mol. The van der Waals surface area contributed by atoms with Crippen LogP contribution in [-0.4, -0.2) is 74.3 Å². The Morgan fingerprint density at radius 1 is 0.905 bits per heavy atom. The molecule has 0 bridgehead atoms. The fraction of sp³-hybridized carbons (Fsp3) is 0.912. The van der Waals surface area contributed by atoms with Gasteiger partial charge < -0.3 is 28.8 Å². The van der Waals surface area contributed by atoms with Gasteiger partial charge in [0.05, 0.1) is 49.1 Å². The van der Waals surface area contributed by atoms with Crippen LogP contribution in [0.5, 0.6) is 0 Å². The quantitative estimate of drug-likeness (QED) is 0.127. The van der Waals surface area contributed by atoms with Crippen LogP contribution >= 0.6 is 0 Å². The molecule has 7 nitrogen and oxygen atoms in total. The molecule has 0 aromatic heterocycles. The average molecular weight is 613 g/mol. The molecule has 42 heavy (non-hydrogen) atoms. The summed E-state index contributed by atoms with van der Waals surface area (Å²) in [6.45, 7) is 20.3. The summed E-state index contributed by atoms with van der Waals surface area (Å²) in [5, 5.41) is 20.1. The maximum absolute atomic E-state index is 11.7. The van der Waals surface area contributed by atoms with Crippen molar-refractivity contribution < 1.29 is 33.6 Å². The van der Waals surface area contributed by atoms with Crippen LogP contribution in [0.25, 0.3) is 0 Å². The van der Waals surface area contributed by atoms with E-state index in [1.165, 1.54) is 0 Å². The highest BCUT2D eigenvalue weighted by molar-refractivity contribution is 6.77. The third kappa shape index (κ3) is 11.3. The Kier molecular flexibility index (Phi) is 15.7. The summed E-state index contributed by atoms with van der Waals surface area (Å²) in [6.07, 6.45) is 9.45. The van der Waals surface area contributed by atoms with Crippen LogP contribution in [0.1, 0.15) is 120 Å². The van der Waals surface area contributed by atoms with Gasteiger partial charge in [0.1, 0.15) is 0 Å². The molecule has 2 heterocycles. The number of rotatable bonds is 17. The highest BCUT2D eigenvalue weighted by Crippen LogP contribution is 2.45. The fourth-order valence-corrected chi connectivity index (χ4v) is 13.2. The van der Waals surface area contributed by atoms with Crippen LogP contribution in [0.3, 0.4) is 0 Å². The van der Waals surface area contributed by atoms with Gasteiger partial charge in [0.15, 0.2) is 0 Å². The molecule has 0 radical (unpaired) electrons. The van der Waals surface area contributed by atoms with Gasteiger partial charge in [-0.25, -0.2) is 0 Å². The first-order valence-corrected chi connectivity index (χ1v) is 18.9. The highest BCUT2D eigenvalue weighted by Gasteiger charge is 2.48. The van der Waals surface area contributed by atoms with Crippen LogP contribution < -0.4 is 0 Å². The minimum atomic E-state index is -2.12. The summed E-state index contributed by atoms with van der Waals surface area (Å²) in [4.78, 5) is 11.7. The van der Waals surface area contributed by atoms with Crippen molar-refractivity contribution in [3.8, 4) is 0 Å². The number of carbonyl (C=O) groups is 1. The second kappa shape index (κ2) is 17.6. The zero-order chi connectivity index (χ0) is 31.6. The normalized spacial score (nSPS) is 29.2. The number of carboxylic acid groups (broad SMARTS) is 1. The number of aliphatic carboxylic acids is 1. The third-order valence-electron chi connectivity index (χ3n) is 9.69. The van der Waals surface area contributed by atoms with Crippen molar-refractivity contribution >= 4 is 14.3 Å². The molecule has 0 saturated carbocycles. The van der Waals surface area contributed by atoms with Gasteiger partial charge in [-0.15, -0.1) is 0 Å². The summed E-state index contributed by atoms with van der Waals surface area (Å²) in [5.41, 5.74) is 1.39. The summed E-state index contributed by atoms with van der Waals surface area (Å²) >= 11 is 0. The van der Waals surface area contributed by atoms with Crippen molar-refractivity contribution in [1.82, 2.24) is 0 Å². The molecule has 0 amide bonds. The van der Waals surface area contributed by atoms with Crippen molar-refractivity contribution in [2.24, 2.45) is 11.8 Å². The molecule has 2 aliphatic heterocycles. The molecule has 8 atom stereocenters. The molecule has 2 aliphatic rings. The molecule has 0 aromatic rings. The molecule has 2 saturated heterocycles. The Balaban J connectivity index is 2.09. The third-order valence-corrected chi connectivity index (χ3v) is 15.8. The molecular weight excluding hydrogens is 548 g/mol. The Morgan fingerprint density at radius 2 is 1.52 bits per heavy atom. The van der Waals surface area contributed by atoms with Crippen LogP contribution in [0.2, 0.25) is 16.6 Å². The molecule has 0 spiro atoms. The van der Waals surface area contributed by atoms with Gasteiger partial charge in [0.25, 0.3) is 0 Å². The van der Waals surface area contributed by atoms with E-state index in [-0.39, 0.29) is 43.0 Å². The first-order valence-electron chi connectivity index (χ1n) is 16.8. The molecule has 0 aliphatic carbocycles. The second-order valence-corrected chi connectivity index (χ2v) is 20.0. The topological polar surface area (TPSA) is 94.5 Å². The van der Waals surface area contributed by atoms with Gasteiger partial charge in [-0.05, 0) is 67.0 Å². The van der Waals surface area contributed by atoms with Crippen molar-refractivity contribution in [3.63, 3.8) is 0 Å². The number of allylic oxidation sites excluding steroid dienone is 1. The zero-order valence-corrected chi connectivity index (χ0v) is 29.4. The lowest BCUT2D eigenvalue weighted by atomic mass is 9.87. The Labute approximate surface area is 258 Å². The SMILES string of the molecule is CO[C@@H](C[C@@H]1C[C@H](O[Si](C(C)C)(C(C)C)C(C)C)C[C@H](CC(=O)O)O1)C[C@H]1O[C@H](C[C@H](O)/C=C/CC(C)C)CC[C@@H]1C. The molecule has 246 valence electrons. The Hall–Kier alpha value is -0.773. The maximum Gasteiger partial charge on any atom is 0.305 e. The van der Waals surface area contributed by atoms with Crippen LogP contribution in [0.4, 0.5) is 0 Å². The smallest absolute Gasteiger partial charge is 0.305 e. The van der Waals surface area contributed by atoms with Crippen molar-refractivity contribution in [3.05, 3.63) is 12.2 Å². The highest BCUT2D eigenvalue weighted by atomic mass is 28.4. The maximum atomic E-state index is 11.7. The predicted molar refractivity (Wildman–Crippen MR) is 172 cm³/mol. The van der Waals surface area contributed by atoms with Crippen LogP contribution in [0, 0.1) is 11.8 Å². The molecule has 0 unspecified atom stereocenters. The lowest BCUT2D eigenvalue weighted by Crippen LogP contribution is -2.52. The molecule has 2 fully saturated rings. The minimum absolute atomic E-state index is 0.00795. The van der Waals surface area contributed by atoms with E-state index in [0.717, 1.165) is 32.1 Å². The first kappa shape index (κ1) is 37.4. The average Bonchev–Trinajstić information content (AvgIpc) is 2.87. The molecule has 8 heteroatoms. The lowest BCUT2D eigenvalue weighted by Gasteiger charge is -2.47. The number of hydrogen-bond acceptors (Lipinski definition) is 6. The number of ether oxygens (including phenoxy) is 3. The summed E-state index contributed by atoms with van der Waals surface area (Å²) < 4.78 is 26.1. The van der Waals surface area contributed by atoms with Gasteiger partial charge in [0.2, 0.25) is 8.32 Å². The molecular formula is C34H64O7Si. The van der Waals surface area contributed by atoms with E-state index < -0.39 is 20.4 Å². The minimum Gasteiger partial charge on any atom is -0.481 e. The number of aliphatic hydroxyl groups excluding tert-OH is 1. The fourth-order valence-electron chi connectivity index (χ4n) is 7.58. The second-order valence-electron chi connectivity index (χ2n) is 14.5. The zero-order valence-electron chi connectivity index (χ0n) is 28.4. The van der Waals surface area contributed by atoms with Crippen molar-refractivity contribution in [1.29, 1.82) is 0 Å².